The summed E-state index contributed by atoms with van der Waals surface area (Å²) in [4.78, 5) is 48.8. The van der Waals surface area contributed by atoms with Gasteiger partial charge in [0.05, 0.1) is 12.8 Å². The third-order valence-corrected chi connectivity index (χ3v) is 4.16. The second-order valence-electron chi connectivity index (χ2n) is 8.23. The number of carbonyl (C=O) groups is 4. The van der Waals surface area contributed by atoms with Gasteiger partial charge in [-0.25, -0.2) is 4.79 Å². The molecule has 32 heavy (non-hydrogen) atoms. The molecule has 0 spiro atoms. The van der Waals surface area contributed by atoms with Crippen molar-refractivity contribution in [2.24, 2.45) is 0 Å². The zero-order valence-corrected chi connectivity index (χ0v) is 19.2. The first-order chi connectivity index (χ1) is 14.9. The second-order valence-corrected chi connectivity index (χ2v) is 8.23. The number of Topliss-reactive ketones (excluding diaryl/α,β-unsaturated/α-hetero) is 1. The van der Waals surface area contributed by atoms with Crippen molar-refractivity contribution in [3.63, 3.8) is 0 Å². The topological polar surface area (TPSA) is 141 Å². The van der Waals surface area contributed by atoms with Crippen molar-refractivity contribution in [2.75, 3.05) is 6.54 Å². The van der Waals surface area contributed by atoms with E-state index in [2.05, 4.69) is 40.7 Å². The highest BCUT2D eigenvalue weighted by Crippen LogP contribution is 2.15. The molecule has 0 saturated heterocycles. The Hall–Kier alpha value is -3.49. The Labute approximate surface area is 187 Å². The summed E-state index contributed by atoms with van der Waals surface area (Å²) in [5.74, 6) is -2.05. The Morgan fingerprint density at radius 2 is 1.84 bits per heavy atom. The zero-order valence-electron chi connectivity index (χ0n) is 19.2. The molecule has 1 aromatic heterocycles. The molecule has 1 aromatic carbocycles. The monoisotopic (exact) mass is 444 g/mol. The third-order valence-electron chi connectivity index (χ3n) is 4.16. The van der Waals surface area contributed by atoms with Gasteiger partial charge in [-0.3, -0.25) is 14.4 Å². The number of ketones is 1. The van der Waals surface area contributed by atoms with Crippen molar-refractivity contribution >= 4 is 40.7 Å². The number of benzene rings is 1. The SMILES string of the molecule is CC(=O)NCC(=O)NC(CCC(=O)C=N)C(=O)OC(C)(C)C.Cc1c[nH]c2ccccc12. The molecular formula is C23H32N4O5. The molecule has 2 aromatic rings. The number of esters is 1. The van der Waals surface area contributed by atoms with Crippen molar-refractivity contribution in [3.05, 3.63) is 36.0 Å². The summed E-state index contributed by atoms with van der Waals surface area (Å²) in [6.45, 7) is 8.16. The number of hydrogen-bond donors (Lipinski definition) is 4. The van der Waals surface area contributed by atoms with Crippen LogP contribution in [0.3, 0.4) is 0 Å². The fraction of sp³-hybridized carbons (Fsp3) is 0.435. The molecule has 0 aliphatic carbocycles. The van der Waals surface area contributed by atoms with E-state index in [1.165, 1.54) is 23.4 Å². The number of carbonyl (C=O) groups excluding carboxylic acids is 4. The van der Waals surface area contributed by atoms with E-state index in [-0.39, 0.29) is 25.3 Å². The lowest BCUT2D eigenvalue weighted by Gasteiger charge is -2.24. The first kappa shape index (κ1) is 26.5. The van der Waals surface area contributed by atoms with E-state index in [9.17, 15) is 19.2 Å². The maximum Gasteiger partial charge on any atom is 0.329 e. The lowest BCUT2D eigenvalue weighted by Crippen LogP contribution is -2.47. The number of nitrogens with one attached hydrogen (secondary N) is 4. The van der Waals surface area contributed by atoms with Crippen LogP contribution in [0.15, 0.2) is 30.5 Å². The van der Waals surface area contributed by atoms with Gasteiger partial charge in [0.15, 0.2) is 5.78 Å². The summed E-state index contributed by atoms with van der Waals surface area (Å²) in [7, 11) is 0. The third kappa shape index (κ3) is 10.0. The summed E-state index contributed by atoms with van der Waals surface area (Å²) in [5, 5.41) is 12.9. The van der Waals surface area contributed by atoms with Crippen LogP contribution < -0.4 is 10.6 Å². The Morgan fingerprint density at radius 3 is 2.41 bits per heavy atom. The lowest BCUT2D eigenvalue weighted by molar-refractivity contribution is -0.158. The van der Waals surface area contributed by atoms with Crippen LogP contribution in [-0.4, -0.2) is 53.0 Å². The number of para-hydroxylation sites is 1. The van der Waals surface area contributed by atoms with Gasteiger partial charge in [0.1, 0.15) is 11.6 Å². The molecule has 1 heterocycles. The van der Waals surface area contributed by atoms with E-state index in [1.54, 1.807) is 20.8 Å². The van der Waals surface area contributed by atoms with E-state index in [0.717, 1.165) is 0 Å². The number of amides is 2. The van der Waals surface area contributed by atoms with Crippen LogP contribution >= 0.6 is 0 Å². The van der Waals surface area contributed by atoms with Crippen molar-refractivity contribution in [3.8, 4) is 0 Å². The van der Waals surface area contributed by atoms with Gasteiger partial charge in [-0.1, -0.05) is 18.2 Å². The van der Waals surface area contributed by atoms with Crippen LogP contribution in [0.25, 0.3) is 10.9 Å². The summed E-state index contributed by atoms with van der Waals surface area (Å²) in [5.41, 5.74) is 1.80. The zero-order chi connectivity index (χ0) is 24.3. The second kappa shape index (κ2) is 12.4. The first-order valence-corrected chi connectivity index (χ1v) is 10.3. The van der Waals surface area contributed by atoms with Crippen molar-refractivity contribution in [1.82, 2.24) is 15.6 Å². The minimum atomic E-state index is -1.01. The molecule has 2 amide bonds. The van der Waals surface area contributed by atoms with E-state index in [4.69, 9.17) is 10.1 Å². The van der Waals surface area contributed by atoms with Crippen molar-refractivity contribution < 1.29 is 23.9 Å². The van der Waals surface area contributed by atoms with Crippen LogP contribution in [0.5, 0.6) is 0 Å². The van der Waals surface area contributed by atoms with Crippen LogP contribution in [-0.2, 0) is 23.9 Å². The number of H-pyrrole nitrogens is 1. The molecule has 2 rings (SSSR count). The van der Waals surface area contributed by atoms with E-state index < -0.39 is 29.3 Å². The standard InChI is InChI=1S/C14H23N3O5.C9H9N/c1-9(18)16-8-12(20)17-11(6-5-10(19)7-15)13(21)22-14(2,3)4;1-7-6-10-9-5-3-2-4-8(7)9/h7,11,15H,5-6,8H2,1-4H3,(H,16,18)(H,17,20);2-6,10H,1H3. The number of aryl methyl sites for hydroxylation is 1. The minimum absolute atomic E-state index is 0.0228. The lowest BCUT2D eigenvalue weighted by atomic mass is 10.1. The van der Waals surface area contributed by atoms with Crippen LogP contribution in [0.4, 0.5) is 0 Å². The molecule has 0 radical (unpaired) electrons. The number of aromatic amines is 1. The number of aromatic nitrogens is 1. The van der Waals surface area contributed by atoms with Crippen LogP contribution in [0, 0.1) is 12.3 Å². The summed E-state index contributed by atoms with van der Waals surface area (Å²) in [6, 6.07) is 7.30. The molecule has 0 saturated carbocycles. The van der Waals surface area contributed by atoms with E-state index in [1.807, 2.05) is 12.3 Å². The summed E-state index contributed by atoms with van der Waals surface area (Å²) in [6.07, 6.45) is 2.65. The van der Waals surface area contributed by atoms with Gasteiger partial charge in [-0.2, -0.15) is 0 Å². The molecule has 0 aliphatic rings. The number of rotatable bonds is 8. The van der Waals surface area contributed by atoms with Gasteiger partial charge in [-0.15, -0.1) is 0 Å². The Kier molecular flexibility index (Phi) is 10.3. The van der Waals surface area contributed by atoms with Crippen LogP contribution in [0.1, 0.15) is 46.1 Å². The normalized spacial score (nSPS) is 11.5. The highest BCUT2D eigenvalue weighted by Gasteiger charge is 2.27. The Morgan fingerprint density at radius 1 is 1.19 bits per heavy atom. The fourth-order valence-corrected chi connectivity index (χ4v) is 2.65. The maximum absolute atomic E-state index is 12.0. The van der Waals surface area contributed by atoms with Gasteiger partial charge in [0, 0.05) is 30.4 Å². The van der Waals surface area contributed by atoms with Gasteiger partial charge < -0.3 is 25.8 Å². The van der Waals surface area contributed by atoms with Gasteiger partial charge >= 0.3 is 5.97 Å². The molecule has 1 unspecified atom stereocenters. The molecule has 1 atom stereocenters. The van der Waals surface area contributed by atoms with Gasteiger partial charge in [-0.05, 0) is 45.7 Å². The smallest absolute Gasteiger partial charge is 0.329 e. The average Bonchev–Trinajstić information content (AvgIpc) is 3.09. The summed E-state index contributed by atoms with van der Waals surface area (Å²) < 4.78 is 5.18. The largest absolute Gasteiger partial charge is 0.458 e. The summed E-state index contributed by atoms with van der Waals surface area (Å²) >= 11 is 0. The maximum atomic E-state index is 12.0. The molecule has 174 valence electrons. The van der Waals surface area contributed by atoms with Crippen LogP contribution in [0.2, 0.25) is 0 Å². The van der Waals surface area contributed by atoms with Crippen molar-refractivity contribution in [1.29, 1.82) is 5.41 Å². The number of hydrogen-bond acceptors (Lipinski definition) is 6. The number of ether oxygens (including phenoxy) is 1. The number of fused-ring (bicyclic) bond motifs is 1. The molecule has 9 heteroatoms. The molecule has 4 N–H and O–H groups in total. The fourth-order valence-electron chi connectivity index (χ4n) is 2.65. The predicted molar refractivity (Wildman–Crippen MR) is 123 cm³/mol. The quantitative estimate of drug-likeness (QED) is 0.365. The highest BCUT2D eigenvalue weighted by molar-refractivity contribution is 6.26. The Bertz CT molecular complexity index is 959. The molecule has 0 aliphatic heterocycles. The van der Waals surface area contributed by atoms with Gasteiger partial charge in [0.2, 0.25) is 11.8 Å². The average molecular weight is 445 g/mol. The minimum Gasteiger partial charge on any atom is -0.458 e. The molecule has 0 bridgehead atoms. The van der Waals surface area contributed by atoms with Gasteiger partial charge in [0.25, 0.3) is 0 Å². The molecule has 0 fully saturated rings. The predicted octanol–water partition coefficient (Wildman–Crippen LogP) is 2.42. The van der Waals surface area contributed by atoms with Crippen molar-refractivity contribution in [2.45, 2.75) is 59.1 Å². The Balaban J connectivity index is 0.000000416. The first-order valence-electron chi connectivity index (χ1n) is 10.3. The van der Waals surface area contributed by atoms with E-state index in [0.29, 0.717) is 6.21 Å². The highest BCUT2D eigenvalue weighted by atomic mass is 16.6. The molecule has 9 nitrogen and oxygen atoms in total. The molecular weight excluding hydrogens is 412 g/mol. The van der Waals surface area contributed by atoms with E-state index >= 15 is 0 Å².